The predicted octanol–water partition coefficient (Wildman–Crippen LogP) is 0.138. The molecular weight excluding hydrogens is 265 g/mol. The summed E-state index contributed by atoms with van der Waals surface area (Å²) in [6.45, 7) is -0.284. The maximum absolute atomic E-state index is 11.9. The van der Waals surface area contributed by atoms with Gasteiger partial charge in [-0.2, -0.15) is 13.2 Å². The second kappa shape index (κ2) is 7.66. The Bertz CT molecular complexity index is 279. The highest BCUT2D eigenvalue weighted by Gasteiger charge is 2.28. The molecule has 1 fully saturated rings. The smallest absolute Gasteiger partial charge is 0.394 e. The SMILES string of the molecule is O=C(CNCC(F)(F)F)N1CCC(OCCO)CC1. The maximum atomic E-state index is 11.9. The molecule has 1 aliphatic heterocycles. The lowest BCUT2D eigenvalue weighted by Gasteiger charge is -2.32. The largest absolute Gasteiger partial charge is 0.401 e. The van der Waals surface area contributed by atoms with E-state index in [0.29, 0.717) is 25.9 Å². The average Bonchev–Trinajstić information content (AvgIpc) is 2.35. The molecule has 1 rings (SSSR count). The van der Waals surface area contributed by atoms with Crippen molar-refractivity contribution in [3.05, 3.63) is 0 Å². The first-order valence-electron chi connectivity index (χ1n) is 6.20. The van der Waals surface area contributed by atoms with E-state index >= 15 is 0 Å². The van der Waals surface area contributed by atoms with Gasteiger partial charge in [-0.25, -0.2) is 0 Å². The minimum atomic E-state index is -4.30. The number of carbonyl (C=O) groups is 1. The van der Waals surface area contributed by atoms with Gasteiger partial charge < -0.3 is 20.1 Å². The number of alkyl halides is 3. The van der Waals surface area contributed by atoms with Crippen LogP contribution in [-0.4, -0.2) is 67.6 Å². The van der Waals surface area contributed by atoms with E-state index in [-0.39, 0.29) is 31.8 Å². The molecule has 0 aliphatic carbocycles. The number of nitrogens with one attached hydrogen (secondary N) is 1. The lowest BCUT2D eigenvalue weighted by molar-refractivity contribution is -0.136. The van der Waals surface area contributed by atoms with E-state index in [1.54, 1.807) is 0 Å². The van der Waals surface area contributed by atoms with E-state index in [0.717, 1.165) is 0 Å². The Morgan fingerprint density at radius 2 is 2.00 bits per heavy atom. The van der Waals surface area contributed by atoms with Gasteiger partial charge in [-0.3, -0.25) is 4.79 Å². The van der Waals surface area contributed by atoms with Crippen LogP contribution in [-0.2, 0) is 9.53 Å². The molecule has 0 bridgehead atoms. The van der Waals surface area contributed by atoms with Gasteiger partial charge in [-0.05, 0) is 12.8 Å². The lowest BCUT2D eigenvalue weighted by Crippen LogP contribution is -2.45. The molecule has 19 heavy (non-hydrogen) atoms. The minimum Gasteiger partial charge on any atom is -0.394 e. The van der Waals surface area contributed by atoms with Gasteiger partial charge in [-0.1, -0.05) is 0 Å². The number of aliphatic hydroxyl groups excluding tert-OH is 1. The fraction of sp³-hybridized carbons (Fsp3) is 0.909. The Labute approximate surface area is 109 Å². The Kier molecular flexibility index (Phi) is 6.53. The van der Waals surface area contributed by atoms with Crippen LogP contribution in [0.2, 0.25) is 0 Å². The molecule has 0 spiro atoms. The van der Waals surface area contributed by atoms with Crippen molar-refractivity contribution < 1.29 is 27.8 Å². The van der Waals surface area contributed by atoms with Crippen LogP contribution in [0.5, 0.6) is 0 Å². The fourth-order valence-corrected chi connectivity index (χ4v) is 1.91. The summed E-state index contributed by atoms with van der Waals surface area (Å²) in [5.41, 5.74) is 0. The quantitative estimate of drug-likeness (QED) is 0.728. The normalized spacial score (nSPS) is 17.8. The number of likely N-dealkylation sites (tertiary alicyclic amines) is 1. The Balaban J connectivity index is 2.18. The third-order valence-electron chi connectivity index (χ3n) is 2.84. The highest BCUT2D eigenvalue weighted by Crippen LogP contribution is 2.14. The summed E-state index contributed by atoms with van der Waals surface area (Å²) in [5, 5.41) is 10.7. The molecule has 112 valence electrons. The highest BCUT2D eigenvalue weighted by atomic mass is 19.4. The number of piperidine rings is 1. The summed E-state index contributed by atoms with van der Waals surface area (Å²) in [7, 11) is 0. The van der Waals surface area contributed by atoms with E-state index in [1.165, 1.54) is 4.90 Å². The summed E-state index contributed by atoms with van der Waals surface area (Å²) in [6.07, 6.45) is -3.00. The first kappa shape index (κ1) is 16.2. The summed E-state index contributed by atoms with van der Waals surface area (Å²) < 4.78 is 41.0. The number of aliphatic hydroxyl groups is 1. The maximum Gasteiger partial charge on any atom is 0.401 e. The second-order valence-corrected chi connectivity index (χ2v) is 4.39. The zero-order valence-corrected chi connectivity index (χ0v) is 10.6. The van der Waals surface area contributed by atoms with Crippen LogP contribution in [0.3, 0.4) is 0 Å². The van der Waals surface area contributed by atoms with Crippen LogP contribution in [0.4, 0.5) is 13.2 Å². The van der Waals surface area contributed by atoms with E-state index in [9.17, 15) is 18.0 Å². The molecule has 0 radical (unpaired) electrons. The molecule has 2 N–H and O–H groups in total. The van der Waals surface area contributed by atoms with Crippen LogP contribution in [0.15, 0.2) is 0 Å². The number of hydrogen-bond acceptors (Lipinski definition) is 4. The summed E-state index contributed by atoms with van der Waals surface area (Å²) in [5.74, 6) is -0.329. The number of ether oxygens (including phenoxy) is 1. The van der Waals surface area contributed by atoms with E-state index in [4.69, 9.17) is 9.84 Å². The van der Waals surface area contributed by atoms with Crippen LogP contribution < -0.4 is 5.32 Å². The van der Waals surface area contributed by atoms with Gasteiger partial charge in [0, 0.05) is 13.1 Å². The molecule has 0 aromatic heterocycles. The molecule has 0 atom stereocenters. The third kappa shape index (κ3) is 6.74. The van der Waals surface area contributed by atoms with Gasteiger partial charge in [0.15, 0.2) is 0 Å². The van der Waals surface area contributed by atoms with Crippen LogP contribution in [0.25, 0.3) is 0 Å². The summed E-state index contributed by atoms with van der Waals surface area (Å²) in [6, 6.07) is 0. The topological polar surface area (TPSA) is 61.8 Å². The molecule has 1 amide bonds. The van der Waals surface area contributed by atoms with E-state index < -0.39 is 12.7 Å². The van der Waals surface area contributed by atoms with Crippen molar-refractivity contribution in [3.63, 3.8) is 0 Å². The summed E-state index contributed by atoms with van der Waals surface area (Å²) >= 11 is 0. The highest BCUT2D eigenvalue weighted by molar-refractivity contribution is 5.78. The molecule has 0 saturated carbocycles. The third-order valence-corrected chi connectivity index (χ3v) is 2.84. The second-order valence-electron chi connectivity index (χ2n) is 4.39. The van der Waals surface area contributed by atoms with Crippen LogP contribution in [0, 0.1) is 0 Å². The number of hydrogen-bond donors (Lipinski definition) is 2. The number of amides is 1. The molecule has 1 heterocycles. The van der Waals surface area contributed by atoms with E-state index in [1.807, 2.05) is 0 Å². The van der Waals surface area contributed by atoms with Gasteiger partial charge in [0.2, 0.25) is 5.91 Å². The first-order chi connectivity index (χ1) is 8.92. The van der Waals surface area contributed by atoms with Crippen molar-refractivity contribution >= 4 is 5.91 Å². The molecule has 0 aromatic carbocycles. The van der Waals surface area contributed by atoms with Crippen LogP contribution in [0.1, 0.15) is 12.8 Å². The Hall–Kier alpha value is -0.860. The zero-order valence-electron chi connectivity index (χ0n) is 10.6. The van der Waals surface area contributed by atoms with Gasteiger partial charge in [0.25, 0.3) is 0 Å². The van der Waals surface area contributed by atoms with Gasteiger partial charge in [0.05, 0.1) is 32.4 Å². The fourth-order valence-electron chi connectivity index (χ4n) is 1.91. The minimum absolute atomic E-state index is 0.0133. The number of halogens is 3. The first-order valence-corrected chi connectivity index (χ1v) is 6.20. The molecule has 0 unspecified atom stereocenters. The van der Waals surface area contributed by atoms with Gasteiger partial charge >= 0.3 is 6.18 Å². The van der Waals surface area contributed by atoms with Crippen molar-refractivity contribution in [3.8, 4) is 0 Å². The number of nitrogens with zero attached hydrogens (tertiary/aromatic N) is 1. The monoisotopic (exact) mass is 284 g/mol. The lowest BCUT2D eigenvalue weighted by atomic mass is 10.1. The number of rotatable bonds is 6. The predicted molar refractivity (Wildman–Crippen MR) is 61.6 cm³/mol. The summed E-state index contributed by atoms with van der Waals surface area (Å²) in [4.78, 5) is 13.1. The molecule has 1 saturated heterocycles. The van der Waals surface area contributed by atoms with E-state index in [2.05, 4.69) is 5.32 Å². The van der Waals surface area contributed by atoms with Gasteiger partial charge in [0.1, 0.15) is 0 Å². The van der Waals surface area contributed by atoms with Gasteiger partial charge in [-0.15, -0.1) is 0 Å². The van der Waals surface area contributed by atoms with Crippen molar-refractivity contribution in [2.75, 3.05) is 39.4 Å². The molecule has 0 aromatic rings. The molecule has 5 nitrogen and oxygen atoms in total. The van der Waals surface area contributed by atoms with Crippen molar-refractivity contribution in [1.82, 2.24) is 10.2 Å². The number of carbonyl (C=O) groups excluding carboxylic acids is 1. The van der Waals surface area contributed by atoms with Crippen LogP contribution >= 0.6 is 0 Å². The van der Waals surface area contributed by atoms with Crippen molar-refractivity contribution in [2.24, 2.45) is 0 Å². The average molecular weight is 284 g/mol. The molecule has 1 aliphatic rings. The zero-order chi connectivity index (χ0) is 14.3. The Morgan fingerprint density at radius 1 is 1.37 bits per heavy atom. The molecular formula is C11H19F3N2O3. The van der Waals surface area contributed by atoms with Crippen molar-refractivity contribution in [1.29, 1.82) is 0 Å². The standard InChI is InChI=1S/C11H19F3N2O3/c12-11(13,14)8-15-7-10(18)16-3-1-9(2-4-16)19-6-5-17/h9,15,17H,1-8H2. The molecule has 8 heteroatoms. The Morgan fingerprint density at radius 3 is 2.53 bits per heavy atom. The van der Waals surface area contributed by atoms with Crippen molar-refractivity contribution in [2.45, 2.75) is 25.1 Å².